The SMILES string of the molecule is N/C(=N\N(N)c1ccccc1)c1cccs1. The highest BCUT2D eigenvalue weighted by molar-refractivity contribution is 7.12. The fourth-order valence-corrected chi connectivity index (χ4v) is 1.85. The van der Waals surface area contributed by atoms with Crippen LogP contribution in [0.3, 0.4) is 0 Å². The van der Waals surface area contributed by atoms with Crippen LogP contribution in [0.15, 0.2) is 52.9 Å². The van der Waals surface area contributed by atoms with Crippen molar-refractivity contribution in [2.24, 2.45) is 16.7 Å². The van der Waals surface area contributed by atoms with E-state index in [1.807, 2.05) is 47.8 Å². The van der Waals surface area contributed by atoms with Gasteiger partial charge in [0.1, 0.15) is 0 Å². The summed E-state index contributed by atoms with van der Waals surface area (Å²) in [6.45, 7) is 0. The Morgan fingerprint density at radius 2 is 1.88 bits per heavy atom. The average Bonchev–Trinajstić information content (AvgIpc) is 2.83. The molecule has 0 atom stereocenters. The number of anilines is 1. The normalized spacial score (nSPS) is 11.4. The van der Waals surface area contributed by atoms with Crippen molar-refractivity contribution >= 4 is 22.9 Å². The third kappa shape index (κ3) is 2.39. The van der Waals surface area contributed by atoms with Crippen molar-refractivity contribution < 1.29 is 0 Å². The molecule has 4 N–H and O–H groups in total. The lowest BCUT2D eigenvalue weighted by Gasteiger charge is -2.12. The first kappa shape index (κ1) is 10.7. The summed E-state index contributed by atoms with van der Waals surface area (Å²) in [6, 6.07) is 13.3. The highest BCUT2D eigenvalue weighted by Crippen LogP contribution is 2.12. The van der Waals surface area contributed by atoms with E-state index in [2.05, 4.69) is 5.10 Å². The van der Waals surface area contributed by atoms with Gasteiger partial charge >= 0.3 is 0 Å². The van der Waals surface area contributed by atoms with Gasteiger partial charge in [0.25, 0.3) is 0 Å². The van der Waals surface area contributed by atoms with Crippen molar-refractivity contribution in [1.29, 1.82) is 0 Å². The minimum absolute atomic E-state index is 0.418. The molecule has 1 heterocycles. The first-order chi connectivity index (χ1) is 7.77. The summed E-state index contributed by atoms with van der Waals surface area (Å²) in [5.41, 5.74) is 6.61. The van der Waals surface area contributed by atoms with E-state index in [4.69, 9.17) is 11.6 Å². The molecule has 0 unspecified atom stereocenters. The molecular formula is C11H12N4S. The van der Waals surface area contributed by atoms with Crippen LogP contribution in [0.1, 0.15) is 4.88 Å². The molecular weight excluding hydrogens is 220 g/mol. The summed E-state index contributed by atoms with van der Waals surface area (Å²) < 4.78 is 0. The van der Waals surface area contributed by atoms with Crippen molar-refractivity contribution in [2.45, 2.75) is 0 Å². The minimum atomic E-state index is 0.418. The van der Waals surface area contributed by atoms with Gasteiger partial charge in [-0.1, -0.05) is 24.3 Å². The fourth-order valence-electron chi connectivity index (χ4n) is 1.23. The number of hydrogen-bond acceptors (Lipinski definition) is 4. The third-order valence-corrected chi connectivity index (χ3v) is 2.90. The van der Waals surface area contributed by atoms with Crippen LogP contribution in [-0.2, 0) is 0 Å². The number of amidine groups is 1. The van der Waals surface area contributed by atoms with E-state index in [0.717, 1.165) is 10.6 Å². The van der Waals surface area contributed by atoms with Crippen molar-refractivity contribution in [2.75, 3.05) is 5.12 Å². The maximum atomic E-state index is 5.82. The number of hydrazine groups is 1. The third-order valence-electron chi connectivity index (χ3n) is 2.01. The van der Waals surface area contributed by atoms with E-state index in [1.165, 1.54) is 16.5 Å². The molecule has 0 bridgehead atoms. The van der Waals surface area contributed by atoms with E-state index in [1.54, 1.807) is 0 Å². The van der Waals surface area contributed by atoms with Gasteiger partial charge in [0, 0.05) is 0 Å². The smallest absolute Gasteiger partial charge is 0.162 e. The lowest BCUT2D eigenvalue weighted by atomic mass is 10.3. The van der Waals surface area contributed by atoms with Gasteiger partial charge in [0.15, 0.2) is 5.84 Å². The Kier molecular flexibility index (Phi) is 3.19. The predicted molar refractivity (Wildman–Crippen MR) is 68.2 cm³/mol. The van der Waals surface area contributed by atoms with Crippen LogP contribution in [-0.4, -0.2) is 5.84 Å². The molecule has 2 rings (SSSR count). The zero-order chi connectivity index (χ0) is 11.4. The number of hydrazone groups is 1. The predicted octanol–water partition coefficient (Wildman–Crippen LogP) is 1.75. The van der Waals surface area contributed by atoms with Crippen LogP contribution in [0.25, 0.3) is 0 Å². The molecule has 0 amide bonds. The van der Waals surface area contributed by atoms with Crippen molar-refractivity contribution in [3.05, 3.63) is 52.7 Å². The minimum Gasteiger partial charge on any atom is -0.381 e. The van der Waals surface area contributed by atoms with E-state index >= 15 is 0 Å². The second-order valence-corrected chi connectivity index (χ2v) is 4.09. The molecule has 0 spiro atoms. The summed E-state index contributed by atoms with van der Waals surface area (Å²) in [4.78, 5) is 0.909. The van der Waals surface area contributed by atoms with Crippen molar-refractivity contribution in [1.82, 2.24) is 0 Å². The Morgan fingerprint density at radius 3 is 2.50 bits per heavy atom. The maximum absolute atomic E-state index is 5.82. The van der Waals surface area contributed by atoms with Gasteiger partial charge in [0.2, 0.25) is 0 Å². The second-order valence-electron chi connectivity index (χ2n) is 3.14. The summed E-state index contributed by atoms with van der Waals surface area (Å²) in [5.74, 6) is 6.19. The van der Waals surface area contributed by atoms with E-state index < -0.39 is 0 Å². The number of hydrogen-bond donors (Lipinski definition) is 2. The Bertz CT molecular complexity index is 464. The lowest BCUT2D eigenvalue weighted by molar-refractivity contribution is 0.923. The van der Waals surface area contributed by atoms with E-state index in [0.29, 0.717) is 5.84 Å². The highest BCUT2D eigenvalue weighted by atomic mass is 32.1. The van der Waals surface area contributed by atoms with Crippen LogP contribution in [0.5, 0.6) is 0 Å². The molecule has 1 aromatic heterocycles. The molecule has 5 heteroatoms. The Hall–Kier alpha value is -1.85. The summed E-state index contributed by atoms with van der Waals surface area (Å²) in [6.07, 6.45) is 0. The second kappa shape index (κ2) is 4.78. The van der Waals surface area contributed by atoms with Gasteiger partial charge in [-0.2, -0.15) is 5.12 Å². The molecule has 2 aromatic rings. The first-order valence-electron chi connectivity index (χ1n) is 4.75. The Morgan fingerprint density at radius 1 is 1.12 bits per heavy atom. The topological polar surface area (TPSA) is 67.6 Å². The zero-order valence-electron chi connectivity index (χ0n) is 8.58. The molecule has 4 nitrogen and oxygen atoms in total. The standard InChI is InChI=1S/C11H12N4S/c12-11(10-7-4-8-16-10)14-15(13)9-5-2-1-3-6-9/h1-8H,13H2,(H2,12,14). The van der Waals surface area contributed by atoms with Gasteiger partial charge < -0.3 is 5.73 Å². The first-order valence-corrected chi connectivity index (χ1v) is 5.63. The summed E-state index contributed by atoms with van der Waals surface area (Å²) in [7, 11) is 0. The van der Waals surface area contributed by atoms with Crippen LogP contribution < -0.4 is 16.7 Å². The van der Waals surface area contributed by atoms with Gasteiger partial charge in [-0.05, 0) is 23.6 Å². The molecule has 82 valence electrons. The lowest BCUT2D eigenvalue weighted by Crippen LogP contribution is -2.28. The average molecular weight is 232 g/mol. The number of rotatable bonds is 3. The van der Waals surface area contributed by atoms with Gasteiger partial charge in [-0.15, -0.1) is 16.4 Å². The molecule has 0 radical (unpaired) electrons. The molecule has 0 fully saturated rings. The fraction of sp³-hybridized carbons (Fsp3) is 0. The number of thiophene rings is 1. The molecule has 0 aliphatic carbocycles. The van der Waals surface area contributed by atoms with Crippen molar-refractivity contribution in [3.63, 3.8) is 0 Å². The molecule has 1 aromatic carbocycles. The molecule has 16 heavy (non-hydrogen) atoms. The van der Waals surface area contributed by atoms with Gasteiger partial charge in [0.05, 0.1) is 10.6 Å². The monoisotopic (exact) mass is 232 g/mol. The van der Waals surface area contributed by atoms with Crippen molar-refractivity contribution in [3.8, 4) is 0 Å². The van der Waals surface area contributed by atoms with Gasteiger partial charge in [-0.3, -0.25) is 0 Å². The zero-order valence-corrected chi connectivity index (χ0v) is 9.39. The van der Waals surface area contributed by atoms with Crippen LogP contribution in [0, 0.1) is 0 Å². The molecule has 0 saturated carbocycles. The molecule has 0 saturated heterocycles. The van der Waals surface area contributed by atoms with Crippen LogP contribution in [0.2, 0.25) is 0 Å². The Balaban J connectivity index is 2.18. The number of nitrogens with two attached hydrogens (primary N) is 2. The van der Waals surface area contributed by atoms with Crippen LogP contribution >= 0.6 is 11.3 Å². The number of benzene rings is 1. The quantitative estimate of drug-likeness (QED) is 0.366. The molecule has 0 aliphatic rings. The maximum Gasteiger partial charge on any atom is 0.162 e. The highest BCUT2D eigenvalue weighted by Gasteiger charge is 2.02. The van der Waals surface area contributed by atoms with Gasteiger partial charge in [-0.25, -0.2) is 5.84 Å². The molecule has 0 aliphatic heterocycles. The number of nitrogens with zero attached hydrogens (tertiary/aromatic N) is 2. The van der Waals surface area contributed by atoms with E-state index in [-0.39, 0.29) is 0 Å². The van der Waals surface area contributed by atoms with E-state index in [9.17, 15) is 0 Å². The number of para-hydroxylation sites is 1. The summed E-state index contributed by atoms with van der Waals surface area (Å²) >= 11 is 1.53. The Labute approximate surface area is 97.8 Å². The summed E-state index contributed by atoms with van der Waals surface area (Å²) in [5, 5.41) is 7.32. The largest absolute Gasteiger partial charge is 0.381 e. The van der Waals surface area contributed by atoms with Crippen LogP contribution in [0.4, 0.5) is 5.69 Å².